The van der Waals surface area contributed by atoms with Crippen molar-refractivity contribution in [2.45, 2.75) is 45.9 Å². The Balaban J connectivity index is 1.91. The fourth-order valence-corrected chi connectivity index (χ4v) is 2.86. The summed E-state index contributed by atoms with van der Waals surface area (Å²) in [5, 5.41) is 5.96. The molecule has 0 fully saturated rings. The maximum atomic E-state index is 13.9. The molecule has 0 aliphatic carbocycles. The third-order valence-electron chi connectivity index (χ3n) is 4.97. The van der Waals surface area contributed by atoms with Gasteiger partial charge in [-0.25, -0.2) is 4.39 Å². The van der Waals surface area contributed by atoms with Crippen LogP contribution in [0.25, 0.3) is 10.8 Å². The van der Waals surface area contributed by atoms with Crippen molar-refractivity contribution >= 4 is 10.8 Å². The molecule has 0 spiro atoms. The SMILES string of the molecule is CCC(C)(C)NCc1c(OCc2ccccc2F)ccc2ccccc12. The van der Waals surface area contributed by atoms with E-state index in [1.807, 2.05) is 24.3 Å². The van der Waals surface area contributed by atoms with Crippen LogP contribution in [-0.4, -0.2) is 5.54 Å². The van der Waals surface area contributed by atoms with E-state index < -0.39 is 0 Å². The van der Waals surface area contributed by atoms with Crippen molar-refractivity contribution in [1.29, 1.82) is 0 Å². The zero-order valence-corrected chi connectivity index (χ0v) is 15.7. The van der Waals surface area contributed by atoms with Crippen LogP contribution in [0.4, 0.5) is 4.39 Å². The molecule has 1 N–H and O–H groups in total. The van der Waals surface area contributed by atoms with Crippen LogP contribution in [0.5, 0.6) is 5.75 Å². The lowest BCUT2D eigenvalue weighted by Gasteiger charge is -2.26. The van der Waals surface area contributed by atoms with Crippen molar-refractivity contribution in [3.63, 3.8) is 0 Å². The predicted molar refractivity (Wildman–Crippen MR) is 106 cm³/mol. The van der Waals surface area contributed by atoms with E-state index >= 15 is 0 Å². The van der Waals surface area contributed by atoms with Crippen LogP contribution in [0.1, 0.15) is 38.3 Å². The maximum Gasteiger partial charge on any atom is 0.129 e. The molecule has 2 nitrogen and oxygen atoms in total. The van der Waals surface area contributed by atoms with Gasteiger partial charge in [0.25, 0.3) is 0 Å². The van der Waals surface area contributed by atoms with E-state index in [0.29, 0.717) is 12.1 Å². The molecule has 0 unspecified atom stereocenters. The molecule has 0 bridgehead atoms. The molecule has 0 heterocycles. The van der Waals surface area contributed by atoms with Gasteiger partial charge in [0.15, 0.2) is 0 Å². The second kappa shape index (κ2) is 7.88. The Labute approximate surface area is 155 Å². The van der Waals surface area contributed by atoms with Gasteiger partial charge in [-0.15, -0.1) is 0 Å². The number of benzene rings is 3. The molecule has 3 aromatic carbocycles. The molecule has 0 saturated heterocycles. The predicted octanol–water partition coefficient (Wildman–Crippen LogP) is 5.84. The summed E-state index contributed by atoms with van der Waals surface area (Å²) in [7, 11) is 0. The maximum absolute atomic E-state index is 13.9. The van der Waals surface area contributed by atoms with Crippen LogP contribution in [0.3, 0.4) is 0 Å². The average molecular weight is 351 g/mol. The number of nitrogens with one attached hydrogen (secondary N) is 1. The second-order valence-electron chi connectivity index (χ2n) is 7.23. The first kappa shape index (κ1) is 18.4. The Bertz CT molecular complexity index is 888. The average Bonchev–Trinajstić information content (AvgIpc) is 2.66. The summed E-state index contributed by atoms with van der Waals surface area (Å²) >= 11 is 0. The number of hydrogen-bond acceptors (Lipinski definition) is 2. The quantitative estimate of drug-likeness (QED) is 0.578. The van der Waals surface area contributed by atoms with Gasteiger partial charge in [-0.2, -0.15) is 0 Å². The van der Waals surface area contributed by atoms with Crippen LogP contribution in [0.15, 0.2) is 60.7 Å². The van der Waals surface area contributed by atoms with Gasteiger partial charge in [-0.05, 0) is 43.2 Å². The highest BCUT2D eigenvalue weighted by Crippen LogP contribution is 2.29. The minimum atomic E-state index is -0.236. The van der Waals surface area contributed by atoms with E-state index in [4.69, 9.17) is 4.74 Å². The molecule has 0 aliphatic heterocycles. The summed E-state index contributed by atoms with van der Waals surface area (Å²) in [6.07, 6.45) is 1.03. The lowest BCUT2D eigenvalue weighted by molar-refractivity contribution is 0.293. The van der Waals surface area contributed by atoms with E-state index in [1.165, 1.54) is 11.5 Å². The van der Waals surface area contributed by atoms with Gasteiger partial charge in [-0.3, -0.25) is 0 Å². The summed E-state index contributed by atoms with van der Waals surface area (Å²) in [5.41, 5.74) is 1.72. The third kappa shape index (κ3) is 4.23. The molecule has 3 aromatic rings. The molecule has 0 atom stereocenters. The molecule has 0 amide bonds. The van der Waals surface area contributed by atoms with E-state index in [2.05, 4.69) is 44.3 Å². The van der Waals surface area contributed by atoms with Gasteiger partial charge in [0.1, 0.15) is 18.2 Å². The van der Waals surface area contributed by atoms with Gasteiger partial charge in [0.05, 0.1) is 0 Å². The molecular formula is C23H26FNO. The second-order valence-corrected chi connectivity index (χ2v) is 7.23. The van der Waals surface area contributed by atoms with E-state index in [9.17, 15) is 4.39 Å². The highest BCUT2D eigenvalue weighted by atomic mass is 19.1. The largest absolute Gasteiger partial charge is 0.488 e. The van der Waals surface area contributed by atoms with Crippen molar-refractivity contribution in [1.82, 2.24) is 5.32 Å². The summed E-state index contributed by atoms with van der Waals surface area (Å²) in [6.45, 7) is 7.48. The minimum Gasteiger partial charge on any atom is -0.488 e. The Kier molecular flexibility index (Phi) is 5.58. The van der Waals surface area contributed by atoms with Crippen molar-refractivity contribution in [2.75, 3.05) is 0 Å². The van der Waals surface area contributed by atoms with Gasteiger partial charge < -0.3 is 10.1 Å². The number of ether oxygens (including phenoxy) is 1. The number of halogens is 1. The molecule has 0 radical (unpaired) electrons. The first-order chi connectivity index (χ1) is 12.5. The molecule has 26 heavy (non-hydrogen) atoms. The van der Waals surface area contributed by atoms with E-state index in [-0.39, 0.29) is 18.0 Å². The monoisotopic (exact) mass is 351 g/mol. The van der Waals surface area contributed by atoms with Gasteiger partial charge in [-0.1, -0.05) is 55.5 Å². The highest BCUT2D eigenvalue weighted by Gasteiger charge is 2.17. The summed E-state index contributed by atoms with van der Waals surface area (Å²) in [4.78, 5) is 0. The zero-order chi connectivity index (χ0) is 18.6. The fourth-order valence-electron chi connectivity index (χ4n) is 2.86. The van der Waals surface area contributed by atoms with Crippen molar-refractivity contribution in [3.8, 4) is 5.75 Å². The number of rotatable bonds is 7. The van der Waals surface area contributed by atoms with Crippen LogP contribution in [-0.2, 0) is 13.2 Å². The smallest absolute Gasteiger partial charge is 0.129 e. The zero-order valence-electron chi connectivity index (χ0n) is 15.7. The molecular weight excluding hydrogens is 325 g/mol. The van der Waals surface area contributed by atoms with E-state index in [1.54, 1.807) is 12.1 Å². The first-order valence-corrected chi connectivity index (χ1v) is 9.12. The van der Waals surface area contributed by atoms with Crippen LogP contribution >= 0.6 is 0 Å². The van der Waals surface area contributed by atoms with Crippen LogP contribution in [0, 0.1) is 5.82 Å². The lowest BCUT2D eigenvalue weighted by Crippen LogP contribution is -2.37. The van der Waals surface area contributed by atoms with Crippen molar-refractivity contribution in [2.24, 2.45) is 0 Å². The molecule has 3 heteroatoms. The highest BCUT2D eigenvalue weighted by molar-refractivity contribution is 5.87. The normalized spacial score (nSPS) is 11.7. The molecule has 0 aromatic heterocycles. The lowest BCUT2D eigenvalue weighted by atomic mass is 9.99. The standard InChI is InChI=1S/C23H26FNO/c1-4-23(2,3)25-15-20-19-11-7-5-9-17(19)13-14-22(20)26-16-18-10-6-8-12-21(18)24/h5-14,25H,4,15-16H2,1-3H3. The topological polar surface area (TPSA) is 21.3 Å². The third-order valence-corrected chi connectivity index (χ3v) is 4.97. The van der Waals surface area contributed by atoms with Crippen LogP contribution in [0.2, 0.25) is 0 Å². The minimum absolute atomic E-state index is 0.0414. The van der Waals surface area contributed by atoms with Crippen molar-refractivity contribution < 1.29 is 9.13 Å². The van der Waals surface area contributed by atoms with Gasteiger partial charge in [0.2, 0.25) is 0 Å². The van der Waals surface area contributed by atoms with Crippen LogP contribution < -0.4 is 10.1 Å². The van der Waals surface area contributed by atoms with Gasteiger partial charge >= 0.3 is 0 Å². The Hall–Kier alpha value is -2.39. The van der Waals surface area contributed by atoms with Crippen molar-refractivity contribution in [3.05, 3.63) is 77.6 Å². The Morgan fingerprint density at radius 2 is 1.69 bits per heavy atom. The number of fused-ring (bicyclic) bond motifs is 1. The molecule has 0 saturated carbocycles. The Morgan fingerprint density at radius 1 is 0.962 bits per heavy atom. The molecule has 3 rings (SSSR count). The molecule has 136 valence electrons. The summed E-state index contributed by atoms with van der Waals surface area (Å²) in [5.74, 6) is 0.562. The molecule has 0 aliphatic rings. The summed E-state index contributed by atoms with van der Waals surface area (Å²) < 4.78 is 19.9. The Morgan fingerprint density at radius 3 is 2.46 bits per heavy atom. The summed E-state index contributed by atoms with van der Waals surface area (Å²) in [6, 6.07) is 19.1. The fraction of sp³-hybridized carbons (Fsp3) is 0.304. The van der Waals surface area contributed by atoms with E-state index in [0.717, 1.165) is 23.1 Å². The number of hydrogen-bond donors (Lipinski definition) is 1. The first-order valence-electron chi connectivity index (χ1n) is 9.12. The van der Waals surface area contributed by atoms with Gasteiger partial charge in [0, 0.05) is 23.2 Å².